The van der Waals surface area contributed by atoms with Gasteiger partial charge < -0.3 is 5.11 Å². The number of rotatable bonds is 3. The lowest BCUT2D eigenvalue weighted by molar-refractivity contribution is 0.282. The molecule has 0 radical (unpaired) electrons. The predicted molar refractivity (Wildman–Crippen MR) is 111 cm³/mol. The average Bonchev–Trinajstić information content (AvgIpc) is 2.54. The quantitative estimate of drug-likeness (QED) is 0.425. The molecule has 0 aliphatic heterocycles. The number of aromatic nitrogens is 1. The first-order valence-electron chi connectivity index (χ1n) is 7.22. The van der Waals surface area contributed by atoms with Gasteiger partial charge in [-0.1, -0.05) is 69.6 Å². The molecule has 1 heterocycles. The van der Waals surface area contributed by atoms with Crippen molar-refractivity contribution in [3.05, 3.63) is 72.2 Å². The van der Waals surface area contributed by atoms with Crippen molar-refractivity contribution < 1.29 is 5.11 Å². The van der Waals surface area contributed by atoms with E-state index in [0.717, 1.165) is 0 Å². The molecule has 3 aromatic rings. The smallest absolute Gasteiger partial charge is 0.0815 e. The van der Waals surface area contributed by atoms with Gasteiger partial charge in [0.1, 0.15) is 0 Å². The molecule has 134 valence electrons. The second-order valence-electron chi connectivity index (χ2n) is 5.34. The largest absolute Gasteiger partial charge is 0.392 e. The predicted octanol–water partition coefficient (Wildman–Crippen LogP) is 7.83. The lowest BCUT2D eigenvalue weighted by Crippen LogP contribution is -1.98. The van der Waals surface area contributed by atoms with E-state index in [1.54, 1.807) is 36.5 Å². The average molecular weight is 468 g/mol. The SMILES string of the molecule is OCc1ccnc(-c2c(Cl)cc(Cl)cc2Cl)c1-c1c(Cl)cc(Cl)cc1Cl. The summed E-state index contributed by atoms with van der Waals surface area (Å²) in [5.41, 5.74) is 2.45. The van der Waals surface area contributed by atoms with Gasteiger partial charge in [-0.2, -0.15) is 0 Å². The summed E-state index contributed by atoms with van der Waals surface area (Å²) in [6.45, 7) is -0.261. The highest BCUT2D eigenvalue weighted by molar-refractivity contribution is 6.43. The van der Waals surface area contributed by atoms with Crippen LogP contribution in [0.4, 0.5) is 0 Å². The van der Waals surface area contributed by atoms with Crippen LogP contribution in [0.5, 0.6) is 0 Å². The summed E-state index contributed by atoms with van der Waals surface area (Å²) in [6, 6.07) is 7.91. The Hall–Kier alpha value is -0.710. The molecule has 0 fully saturated rings. The van der Waals surface area contributed by atoms with E-state index in [1.165, 1.54) is 0 Å². The Kier molecular flexibility index (Phi) is 6.25. The molecule has 0 amide bonds. The summed E-state index contributed by atoms with van der Waals surface area (Å²) in [6.07, 6.45) is 1.55. The van der Waals surface area contributed by atoms with Gasteiger partial charge in [0.05, 0.1) is 32.4 Å². The Labute approximate surface area is 180 Å². The van der Waals surface area contributed by atoms with Crippen molar-refractivity contribution in [2.24, 2.45) is 0 Å². The third kappa shape index (κ3) is 3.79. The molecule has 1 N–H and O–H groups in total. The van der Waals surface area contributed by atoms with Crippen LogP contribution in [0.1, 0.15) is 5.56 Å². The first kappa shape index (κ1) is 20.0. The molecule has 0 bridgehead atoms. The highest BCUT2D eigenvalue weighted by Gasteiger charge is 2.22. The summed E-state index contributed by atoms with van der Waals surface area (Å²) < 4.78 is 0. The zero-order chi connectivity index (χ0) is 19.0. The maximum atomic E-state index is 9.84. The van der Waals surface area contributed by atoms with Gasteiger partial charge in [-0.15, -0.1) is 0 Å². The molecular formula is C18H9Cl6NO. The van der Waals surface area contributed by atoms with Crippen LogP contribution in [0, 0.1) is 0 Å². The zero-order valence-corrected chi connectivity index (χ0v) is 17.4. The number of benzene rings is 2. The van der Waals surface area contributed by atoms with Gasteiger partial charge in [0.25, 0.3) is 0 Å². The number of hydrogen-bond acceptors (Lipinski definition) is 2. The van der Waals surface area contributed by atoms with Crippen molar-refractivity contribution >= 4 is 69.6 Å². The van der Waals surface area contributed by atoms with Crippen LogP contribution in [0.3, 0.4) is 0 Å². The van der Waals surface area contributed by atoms with Crippen LogP contribution in [-0.2, 0) is 6.61 Å². The Balaban J connectivity index is 2.42. The van der Waals surface area contributed by atoms with Crippen molar-refractivity contribution in [1.82, 2.24) is 4.98 Å². The third-order valence-electron chi connectivity index (χ3n) is 3.71. The highest BCUT2D eigenvalue weighted by Crippen LogP contribution is 2.46. The second-order valence-corrected chi connectivity index (χ2v) is 7.84. The van der Waals surface area contributed by atoms with E-state index in [9.17, 15) is 5.11 Å². The normalized spacial score (nSPS) is 11.0. The first-order valence-corrected chi connectivity index (χ1v) is 9.48. The van der Waals surface area contributed by atoms with Gasteiger partial charge in [-0.3, -0.25) is 4.98 Å². The Morgan fingerprint density at radius 1 is 0.692 bits per heavy atom. The number of pyridine rings is 1. The van der Waals surface area contributed by atoms with Gasteiger partial charge in [-0.25, -0.2) is 0 Å². The molecule has 2 nitrogen and oxygen atoms in total. The molecule has 0 saturated heterocycles. The molecule has 0 saturated carbocycles. The number of hydrogen-bond donors (Lipinski definition) is 1. The Morgan fingerprint density at radius 2 is 1.15 bits per heavy atom. The van der Waals surface area contributed by atoms with Crippen molar-refractivity contribution in [2.45, 2.75) is 6.61 Å². The maximum Gasteiger partial charge on any atom is 0.0815 e. The summed E-state index contributed by atoms with van der Waals surface area (Å²) in [5, 5.41) is 11.9. The van der Waals surface area contributed by atoms with E-state index in [2.05, 4.69) is 4.98 Å². The van der Waals surface area contributed by atoms with E-state index in [0.29, 0.717) is 58.1 Å². The molecule has 3 rings (SSSR count). The number of halogens is 6. The summed E-state index contributed by atoms with van der Waals surface area (Å²) in [4.78, 5) is 4.42. The van der Waals surface area contributed by atoms with Crippen LogP contribution in [0.2, 0.25) is 30.1 Å². The fraction of sp³-hybridized carbons (Fsp3) is 0.0556. The van der Waals surface area contributed by atoms with E-state index in [4.69, 9.17) is 69.6 Å². The van der Waals surface area contributed by atoms with Crippen molar-refractivity contribution in [3.8, 4) is 22.4 Å². The van der Waals surface area contributed by atoms with Crippen LogP contribution < -0.4 is 0 Å². The Bertz CT molecular complexity index is 959. The van der Waals surface area contributed by atoms with Crippen LogP contribution in [0.15, 0.2) is 36.5 Å². The third-order valence-corrected chi connectivity index (χ3v) is 5.34. The molecule has 0 unspecified atom stereocenters. The lowest BCUT2D eigenvalue weighted by Gasteiger charge is -2.18. The van der Waals surface area contributed by atoms with Crippen LogP contribution >= 0.6 is 69.6 Å². The van der Waals surface area contributed by atoms with Crippen LogP contribution in [0.25, 0.3) is 22.4 Å². The van der Waals surface area contributed by atoms with Gasteiger partial charge >= 0.3 is 0 Å². The minimum atomic E-state index is -0.261. The first-order chi connectivity index (χ1) is 12.3. The fourth-order valence-corrected chi connectivity index (χ4v) is 4.65. The molecule has 0 aliphatic carbocycles. The molecule has 26 heavy (non-hydrogen) atoms. The minimum Gasteiger partial charge on any atom is -0.392 e. The molecule has 2 aromatic carbocycles. The van der Waals surface area contributed by atoms with E-state index < -0.39 is 0 Å². The monoisotopic (exact) mass is 465 g/mol. The fourth-order valence-electron chi connectivity index (χ4n) is 2.65. The second kappa shape index (κ2) is 8.12. The maximum absolute atomic E-state index is 9.84. The molecule has 8 heteroatoms. The van der Waals surface area contributed by atoms with Gasteiger partial charge in [0.15, 0.2) is 0 Å². The zero-order valence-electron chi connectivity index (χ0n) is 12.8. The minimum absolute atomic E-state index is 0.261. The number of nitrogens with zero attached hydrogens (tertiary/aromatic N) is 1. The molecule has 0 spiro atoms. The van der Waals surface area contributed by atoms with E-state index in [-0.39, 0.29) is 6.61 Å². The van der Waals surface area contributed by atoms with Gasteiger partial charge in [-0.05, 0) is 35.9 Å². The summed E-state index contributed by atoms with van der Waals surface area (Å²) in [5.74, 6) is 0. The van der Waals surface area contributed by atoms with Gasteiger partial charge in [0.2, 0.25) is 0 Å². The highest BCUT2D eigenvalue weighted by atomic mass is 35.5. The Morgan fingerprint density at radius 3 is 1.62 bits per heavy atom. The van der Waals surface area contributed by atoms with Crippen molar-refractivity contribution in [2.75, 3.05) is 0 Å². The molecule has 1 aromatic heterocycles. The number of aliphatic hydroxyl groups excluding tert-OH is 1. The standard InChI is InChI=1S/C18H9Cl6NO/c19-9-3-11(21)16(12(22)4-9)15-8(7-26)1-2-25-18(15)17-13(23)5-10(20)6-14(17)24/h1-6,26H,7H2. The molecular weight excluding hydrogens is 459 g/mol. The van der Waals surface area contributed by atoms with Crippen molar-refractivity contribution in [1.29, 1.82) is 0 Å². The number of aliphatic hydroxyl groups is 1. The van der Waals surface area contributed by atoms with E-state index >= 15 is 0 Å². The summed E-state index contributed by atoms with van der Waals surface area (Å²) >= 11 is 37.6. The van der Waals surface area contributed by atoms with Crippen LogP contribution in [-0.4, -0.2) is 10.1 Å². The van der Waals surface area contributed by atoms with Crippen molar-refractivity contribution in [3.63, 3.8) is 0 Å². The van der Waals surface area contributed by atoms with Gasteiger partial charge in [0, 0.05) is 32.9 Å². The van der Waals surface area contributed by atoms with E-state index in [1.807, 2.05) is 0 Å². The molecule has 0 atom stereocenters. The topological polar surface area (TPSA) is 33.1 Å². The molecule has 0 aliphatic rings. The summed E-state index contributed by atoms with van der Waals surface area (Å²) in [7, 11) is 0. The lowest BCUT2D eigenvalue weighted by atomic mass is 9.94.